The van der Waals surface area contributed by atoms with Crippen LogP contribution in [0.1, 0.15) is 0 Å². The largest absolute Gasteiger partial charge is 0.323 e. The predicted molar refractivity (Wildman–Crippen MR) is 66.9 cm³/mol. The van der Waals surface area contributed by atoms with Crippen molar-refractivity contribution in [2.75, 3.05) is 12.4 Å². The number of rotatable bonds is 2. The summed E-state index contributed by atoms with van der Waals surface area (Å²) in [5.41, 5.74) is 3.04. The van der Waals surface area contributed by atoms with Gasteiger partial charge in [0.15, 0.2) is 0 Å². The quantitative estimate of drug-likeness (QED) is 0.269. The van der Waals surface area contributed by atoms with Gasteiger partial charge in [-0.05, 0) is 25.3 Å². The van der Waals surface area contributed by atoms with Crippen molar-refractivity contribution in [3.8, 4) is 0 Å². The molecule has 0 atom stereocenters. The van der Waals surface area contributed by atoms with Crippen LogP contribution in [-0.2, 0) is 4.79 Å². The van der Waals surface area contributed by atoms with E-state index in [1.807, 2.05) is 30.3 Å². The van der Waals surface area contributed by atoms with E-state index in [-0.39, 0.29) is 5.91 Å². The molecule has 16 heavy (non-hydrogen) atoms. The molecule has 6 nitrogen and oxygen atoms in total. The van der Waals surface area contributed by atoms with E-state index in [0.717, 1.165) is 5.69 Å². The Balaban J connectivity index is 0. The van der Waals surface area contributed by atoms with E-state index in [4.69, 9.17) is 0 Å². The van der Waals surface area contributed by atoms with Crippen LogP contribution in [0.4, 0.5) is 5.69 Å². The highest BCUT2D eigenvalue weighted by molar-refractivity contribution is 5.98. The topological polar surface area (TPSA) is 119 Å². The molecule has 90 valence electrons. The number of nitrogens with two attached hydrogens (primary N) is 3. The second kappa shape index (κ2) is 13.3. The first-order valence-corrected chi connectivity index (χ1v) is 4.43. The van der Waals surface area contributed by atoms with E-state index in [1.54, 1.807) is 7.05 Å². The van der Waals surface area contributed by atoms with Gasteiger partial charge < -0.3 is 5.32 Å². The number of benzene rings is 1. The molecule has 8 N–H and O–H groups in total. The highest BCUT2D eigenvalue weighted by Gasteiger charge is 1.92. The Morgan fingerprint density at radius 1 is 1.31 bits per heavy atom. The van der Waals surface area contributed by atoms with Crippen molar-refractivity contribution in [3.63, 3.8) is 0 Å². The van der Waals surface area contributed by atoms with Crippen LogP contribution in [0.15, 0.2) is 43.0 Å². The summed E-state index contributed by atoms with van der Waals surface area (Å²) in [4.78, 5) is 10.8. The molecule has 1 rings (SSSR count). The molecule has 0 heterocycles. The van der Waals surface area contributed by atoms with Gasteiger partial charge in [-0.25, -0.2) is 0 Å². The van der Waals surface area contributed by atoms with E-state index in [0.29, 0.717) is 0 Å². The molecular weight excluding hydrogens is 206 g/mol. The van der Waals surface area contributed by atoms with Crippen molar-refractivity contribution >= 4 is 11.6 Å². The maximum atomic E-state index is 10.8. The number of nitrogens with one attached hydrogen (secondary N) is 2. The molecule has 0 bridgehead atoms. The zero-order chi connectivity index (χ0) is 12.8. The van der Waals surface area contributed by atoms with Gasteiger partial charge in [-0.15, -0.1) is 0 Å². The molecule has 1 amide bonds. The molecule has 0 saturated heterocycles. The van der Waals surface area contributed by atoms with Crippen molar-refractivity contribution in [2.45, 2.75) is 0 Å². The van der Waals surface area contributed by atoms with Gasteiger partial charge in [0.25, 0.3) is 0 Å². The second-order valence-electron chi connectivity index (χ2n) is 2.35. The Kier molecular flexibility index (Phi) is 13.8. The molecule has 0 fully saturated rings. The Hall–Kier alpha value is -1.73. The van der Waals surface area contributed by atoms with Crippen LogP contribution < -0.4 is 28.3 Å². The molecular formula is C10H19N5O. The average molecular weight is 225 g/mol. The average Bonchev–Trinajstić information content (AvgIpc) is 2.34. The Morgan fingerprint density at radius 3 is 2.12 bits per heavy atom. The van der Waals surface area contributed by atoms with E-state index in [2.05, 4.69) is 34.8 Å². The molecule has 0 aliphatic heterocycles. The third-order valence-electron chi connectivity index (χ3n) is 1.23. The third-order valence-corrected chi connectivity index (χ3v) is 1.23. The summed E-state index contributed by atoms with van der Waals surface area (Å²) < 4.78 is 0. The normalized spacial score (nSPS) is 7.50. The molecule has 0 aliphatic carbocycles. The van der Waals surface area contributed by atoms with Crippen molar-refractivity contribution in [2.24, 2.45) is 17.5 Å². The van der Waals surface area contributed by atoms with Crippen LogP contribution in [-0.4, -0.2) is 13.0 Å². The number of anilines is 1. The summed E-state index contributed by atoms with van der Waals surface area (Å²) in [6, 6.07) is 9.25. The fourth-order valence-electron chi connectivity index (χ4n) is 0.715. The lowest BCUT2D eigenvalue weighted by Gasteiger charge is -1.98. The number of hydrazine groups is 2. The minimum Gasteiger partial charge on any atom is -0.323 e. The molecule has 0 unspecified atom stereocenters. The van der Waals surface area contributed by atoms with Crippen molar-refractivity contribution < 1.29 is 4.79 Å². The van der Waals surface area contributed by atoms with Crippen LogP contribution in [0.2, 0.25) is 0 Å². The summed E-state index contributed by atoms with van der Waals surface area (Å²) in [6.45, 7) is 3.34. The van der Waals surface area contributed by atoms with Gasteiger partial charge in [0, 0.05) is 5.69 Å². The van der Waals surface area contributed by atoms with Crippen LogP contribution >= 0.6 is 0 Å². The number of carbonyl (C=O) groups excluding carboxylic acids is 1. The molecule has 0 saturated carbocycles. The smallest absolute Gasteiger partial charge is 0.247 e. The molecule has 0 spiro atoms. The van der Waals surface area contributed by atoms with Gasteiger partial charge in [-0.3, -0.25) is 27.7 Å². The number of para-hydroxylation sites is 1. The van der Waals surface area contributed by atoms with E-state index in [1.165, 1.54) is 6.08 Å². The van der Waals surface area contributed by atoms with Gasteiger partial charge in [-0.2, -0.15) is 0 Å². The monoisotopic (exact) mass is 225 g/mol. The first-order chi connectivity index (χ1) is 7.74. The third kappa shape index (κ3) is 10.4. The van der Waals surface area contributed by atoms with E-state index >= 15 is 0 Å². The second-order valence-corrected chi connectivity index (χ2v) is 2.35. The minimum absolute atomic E-state index is 0.184. The van der Waals surface area contributed by atoms with Crippen LogP contribution in [0.3, 0.4) is 0 Å². The molecule has 6 heteroatoms. The number of amides is 1. The first kappa shape index (κ1) is 16.7. The van der Waals surface area contributed by atoms with Gasteiger partial charge in [0.1, 0.15) is 0 Å². The standard InChI is InChI=1S/C9H9NO.CH6N2.H4N2/c1-2-9(11)10-8-6-4-3-5-7-8;1-3-2;1-2/h2-7H,1H2,(H,10,11);3H,2H2,1H3;1-2H2. The first-order valence-electron chi connectivity index (χ1n) is 4.43. The van der Waals surface area contributed by atoms with Crippen molar-refractivity contribution in [3.05, 3.63) is 43.0 Å². The minimum atomic E-state index is -0.184. The lowest BCUT2D eigenvalue weighted by Crippen LogP contribution is -2.13. The van der Waals surface area contributed by atoms with Crippen LogP contribution in [0.25, 0.3) is 0 Å². The van der Waals surface area contributed by atoms with Crippen LogP contribution in [0.5, 0.6) is 0 Å². The molecule has 1 aromatic carbocycles. The summed E-state index contributed by atoms with van der Waals surface area (Å²) in [6.07, 6.45) is 1.24. The van der Waals surface area contributed by atoms with Gasteiger partial charge in [-0.1, -0.05) is 24.8 Å². The van der Waals surface area contributed by atoms with E-state index in [9.17, 15) is 4.79 Å². The number of hydrogen-bond donors (Lipinski definition) is 5. The summed E-state index contributed by atoms with van der Waals surface area (Å²) in [5.74, 6) is 12.4. The lowest BCUT2D eigenvalue weighted by molar-refractivity contribution is -0.111. The maximum Gasteiger partial charge on any atom is 0.247 e. The predicted octanol–water partition coefficient (Wildman–Crippen LogP) is -0.291. The maximum absolute atomic E-state index is 10.8. The van der Waals surface area contributed by atoms with Crippen molar-refractivity contribution in [1.82, 2.24) is 5.43 Å². The zero-order valence-corrected chi connectivity index (χ0v) is 9.31. The fourth-order valence-corrected chi connectivity index (χ4v) is 0.715. The van der Waals surface area contributed by atoms with Gasteiger partial charge in [0.2, 0.25) is 5.91 Å². The Labute approximate surface area is 95.4 Å². The Bertz CT molecular complexity index is 276. The highest BCUT2D eigenvalue weighted by atomic mass is 16.1. The van der Waals surface area contributed by atoms with Gasteiger partial charge >= 0.3 is 0 Å². The molecule has 0 aromatic heterocycles. The molecule has 0 aliphatic rings. The lowest BCUT2D eigenvalue weighted by atomic mass is 10.3. The molecule has 1 aromatic rings. The van der Waals surface area contributed by atoms with E-state index < -0.39 is 0 Å². The number of carbonyl (C=O) groups is 1. The highest BCUT2D eigenvalue weighted by Crippen LogP contribution is 2.03. The van der Waals surface area contributed by atoms with Crippen molar-refractivity contribution in [1.29, 1.82) is 0 Å². The zero-order valence-electron chi connectivity index (χ0n) is 9.31. The number of hydrogen-bond acceptors (Lipinski definition) is 5. The van der Waals surface area contributed by atoms with Crippen LogP contribution in [0, 0.1) is 0 Å². The molecule has 0 radical (unpaired) electrons. The Morgan fingerprint density at radius 2 is 1.75 bits per heavy atom. The summed E-state index contributed by atoms with van der Waals surface area (Å²) >= 11 is 0. The summed E-state index contributed by atoms with van der Waals surface area (Å²) in [7, 11) is 1.65. The van der Waals surface area contributed by atoms with Gasteiger partial charge in [0.05, 0.1) is 0 Å². The summed E-state index contributed by atoms with van der Waals surface area (Å²) in [5, 5.41) is 2.63. The fraction of sp³-hybridized carbons (Fsp3) is 0.100. The SMILES string of the molecule is C=CC(=O)Nc1ccccc1.CNN.NN.